The fourth-order valence-electron chi connectivity index (χ4n) is 6.61. The molecule has 0 radical (unpaired) electrons. The number of carbonyl (C=O) groups is 4. The average molecular weight is 665 g/mol. The monoisotopic (exact) mass is 664 g/mol. The number of methoxy groups -OCH3 is 1. The summed E-state index contributed by atoms with van der Waals surface area (Å²) in [6.45, 7) is 9.16. The van der Waals surface area contributed by atoms with Crippen molar-refractivity contribution < 1.29 is 38.1 Å². The summed E-state index contributed by atoms with van der Waals surface area (Å²) < 4.78 is 22.7. The number of ether oxygens (including phenoxy) is 4. The maximum absolute atomic E-state index is 14.4. The molecule has 2 fully saturated rings. The Hall–Kier alpha value is -4.22. The van der Waals surface area contributed by atoms with E-state index in [9.17, 15) is 19.2 Å². The van der Waals surface area contributed by atoms with E-state index in [2.05, 4.69) is 21.4 Å². The number of rotatable bonds is 7. The number of amides is 2. The molecule has 1 aromatic carbocycles. The summed E-state index contributed by atoms with van der Waals surface area (Å²) in [4.78, 5) is 65.5. The van der Waals surface area contributed by atoms with Gasteiger partial charge in [-0.1, -0.05) is 25.0 Å². The van der Waals surface area contributed by atoms with Gasteiger partial charge in [0, 0.05) is 24.3 Å². The standard InChI is InChI=1S/C36H48N4O8/c1-7-46-34(44)36-20-24(36)14-12-10-8-9-11-13-23(17-30(41)48-35(3,4)5)33(43)40-21-26(19-29(40)31(42)39-36)47-32-22(2)37-27-16-15-25(45-6)18-28(27)38-32/h12,14-16,18,23-24,26,29H,7-11,13,17,19-21H2,1-6H3,(H,39,42)/b14-12-/t23-,24-,26-,29+,36-/m1/s1. The normalized spacial score (nSPS) is 27.1. The molecule has 2 amide bonds. The number of nitrogens with zero attached hydrogens (tertiary/aromatic N) is 3. The Morgan fingerprint density at radius 1 is 1.10 bits per heavy atom. The fraction of sp³-hybridized carbons (Fsp3) is 0.611. The minimum atomic E-state index is -1.19. The van der Waals surface area contributed by atoms with Gasteiger partial charge in [-0.05, 0) is 72.4 Å². The third kappa shape index (κ3) is 8.07. The lowest BCUT2D eigenvalue weighted by Gasteiger charge is -2.29. The van der Waals surface area contributed by atoms with Gasteiger partial charge in [-0.3, -0.25) is 14.4 Å². The number of aryl methyl sites for hydroxylation is 1. The molecule has 1 N–H and O–H groups in total. The Morgan fingerprint density at radius 2 is 1.90 bits per heavy atom. The maximum Gasteiger partial charge on any atom is 0.332 e. The molecule has 0 bridgehead atoms. The number of benzene rings is 1. The van der Waals surface area contributed by atoms with Crippen molar-refractivity contribution in [2.75, 3.05) is 20.3 Å². The van der Waals surface area contributed by atoms with Crippen LogP contribution < -0.4 is 14.8 Å². The van der Waals surface area contributed by atoms with Gasteiger partial charge in [0.2, 0.25) is 17.7 Å². The highest BCUT2D eigenvalue weighted by Gasteiger charge is 2.62. The lowest BCUT2D eigenvalue weighted by Crippen LogP contribution is -2.54. The van der Waals surface area contributed by atoms with E-state index >= 15 is 0 Å². The van der Waals surface area contributed by atoms with E-state index in [0.29, 0.717) is 35.3 Å². The summed E-state index contributed by atoms with van der Waals surface area (Å²) in [7, 11) is 1.57. The minimum absolute atomic E-state index is 0.0920. The van der Waals surface area contributed by atoms with Gasteiger partial charge in [0.25, 0.3) is 0 Å². The molecule has 1 saturated carbocycles. The predicted octanol–water partition coefficient (Wildman–Crippen LogP) is 4.60. The number of hydrogen-bond acceptors (Lipinski definition) is 10. The molecule has 5 rings (SSSR count). The zero-order valence-corrected chi connectivity index (χ0v) is 28.9. The van der Waals surface area contributed by atoms with Crippen LogP contribution in [-0.4, -0.2) is 82.2 Å². The molecule has 2 aliphatic heterocycles. The number of fused-ring (bicyclic) bond motifs is 3. The largest absolute Gasteiger partial charge is 0.497 e. The highest BCUT2D eigenvalue weighted by Crippen LogP contribution is 2.46. The van der Waals surface area contributed by atoms with Crippen LogP contribution >= 0.6 is 0 Å². The maximum atomic E-state index is 14.4. The van der Waals surface area contributed by atoms with Crippen molar-refractivity contribution in [3.63, 3.8) is 0 Å². The third-order valence-corrected chi connectivity index (χ3v) is 9.10. The first-order valence-corrected chi connectivity index (χ1v) is 17.0. The van der Waals surface area contributed by atoms with Crippen LogP contribution in [0.2, 0.25) is 0 Å². The van der Waals surface area contributed by atoms with Crippen LogP contribution in [0.25, 0.3) is 11.0 Å². The molecular weight excluding hydrogens is 616 g/mol. The zero-order valence-electron chi connectivity index (χ0n) is 28.9. The van der Waals surface area contributed by atoms with Gasteiger partial charge < -0.3 is 29.2 Å². The predicted molar refractivity (Wildman–Crippen MR) is 177 cm³/mol. The van der Waals surface area contributed by atoms with Crippen LogP contribution in [-0.2, 0) is 28.7 Å². The molecule has 5 atom stereocenters. The Bertz CT molecular complexity index is 1570. The molecule has 1 aromatic heterocycles. The first-order chi connectivity index (χ1) is 22.8. The SMILES string of the molecule is CCOC(=O)[C@@]12C[C@H]1/C=C\CCCCC[C@H](CC(=O)OC(C)(C)C)C(=O)N1C[C@H](Oc3nc4cc(OC)ccc4nc3C)C[C@H]1C(=O)N2. The van der Waals surface area contributed by atoms with Crippen LogP contribution in [0.3, 0.4) is 0 Å². The first-order valence-electron chi connectivity index (χ1n) is 17.0. The van der Waals surface area contributed by atoms with E-state index in [1.807, 2.05) is 12.1 Å². The van der Waals surface area contributed by atoms with Crippen LogP contribution in [0.1, 0.15) is 84.8 Å². The molecule has 12 heteroatoms. The van der Waals surface area contributed by atoms with E-state index in [1.54, 1.807) is 53.9 Å². The van der Waals surface area contributed by atoms with E-state index in [4.69, 9.17) is 18.9 Å². The fourth-order valence-corrected chi connectivity index (χ4v) is 6.61. The zero-order chi connectivity index (χ0) is 34.6. The Labute approximate surface area is 281 Å². The highest BCUT2D eigenvalue weighted by atomic mass is 16.6. The van der Waals surface area contributed by atoms with Crippen molar-refractivity contribution >= 4 is 34.8 Å². The minimum Gasteiger partial charge on any atom is -0.497 e. The number of hydrogen-bond donors (Lipinski definition) is 1. The van der Waals surface area contributed by atoms with Crippen LogP contribution in [0.4, 0.5) is 0 Å². The van der Waals surface area contributed by atoms with Crippen molar-refractivity contribution in [2.45, 2.75) is 109 Å². The number of allylic oxidation sites excluding steroid dienone is 1. The summed E-state index contributed by atoms with van der Waals surface area (Å²) in [5.41, 5.74) is -0.0709. The number of carbonyl (C=O) groups excluding carboxylic acids is 4. The van der Waals surface area contributed by atoms with E-state index < -0.39 is 47.0 Å². The molecule has 0 unspecified atom stereocenters. The molecule has 1 aliphatic carbocycles. The van der Waals surface area contributed by atoms with Gasteiger partial charge in [0.15, 0.2) is 0 Å². The number of aromatic nitrogens is 2. The summed E-state index contributed by atoms with van der Waals surface area (Å²) in [5.74, 6) is -1.69. The van der Waals surface area contributed by atoms with Gasteiger partial charge in [-0.2, -0.15) is 0 Å². The molecule has 3 aliphatic rings. The number of nitrogens with one attached hydrogen (secondary N) is 1. The van der Waals surface area contributed by atoms with Crippen molar-refractivity contribution in [3.8, 4) is 11.6 Å². The molecule has 260 valence electrons. The summed E-state index contributed by atoms with van der Waals surface area (Å²) in [6.07, 6.45) is 7.71. The van der Waals surface area contributed by atoms with Crippen LogP contribution in [0.5, 0.6) is 11.6 Å². The van der Waals surface area contributed by atoms with Crippen molar-refractivity contribution in [1.82, 2.24) is 20.2 Å². The van der Waals surface area contributed by atoms with E-state index in [0.717, 1.165) is 25.7 Å². The lowest BCUT2D eigenvalue weighted by atomic mass is 9.95. The molecule has 3 heterocycles. The van der Waals surface area contributed by atoms with E-state index in [-0.39, 0.29) is 43.7 Å². The van der Waals surface area contributed by atoms with Crippen molar-refractivity contribution in [3.05, 3.63) is 36.0 Å². The van der Waals surface area contributed by atoms with Gasteiger partial charge in [-0.25, -0.2) is 14.8 Å². The summed E-state index contributed by atoms with van der Waals surface area (Å²) in [6, 6.07) is 4.44. The summed E-state index contributed by atoms with van der Waals surface area (Å²) in [5, 5.41) is 2.99. The Kier molecular flexibility index (Phi) is 10.6. The van der Waals surface area contributed by atoms with Crippen LogP contribution in [0, 0.1) is 18.8 Å². The molecule has 2 aromatic rings. The smallest absolute Gasteiger partial charge is 0.332 e. The Morgan fingerprint density at radius 3 is 2.62 bits per heavy atom. The topological polar surface area (TPSA) is 146 Å². The highest BCUT2D eigenvalue weighted by molar-refractivity contribution is 5.96. The second-order valence-electron chi connectivity index (χ2n) is 14.0. The quantitative estimate of drug-likeness (QED) is 0.329. The second-order valence-corrected chi connectivity index (χ2v) is 14.0. The van der Waals surface area contributed by atoms with Crippen molar-refractivity contribution in [2.24, 2.45) is 11.8 Å². The third-order valence-electron chi connectivity index (χ3n) is 9.10. The molecule has 48 heavy (non-hydrogen) atoms. The van der Waals surface area contributed by atoms with Gasteiger partial charge in [-0.15, -0.1) is 0 Å². The van der Waals surface area contributed by atoms with Crippen LogP contribution in [0.15, 0.2) is 30.4 Å². The van der Waals surface area contributed by atoms with Gasteiger partial charge in [0.1, 0.15) is 34.7 Å². The molecule has 0 spiro atoms. The van der Waals surface area contributed by atoms with Gasteiger partial charge >= 0.3 is 11.9 Å². The number of esters is 2. The summed E-state index contributed by atoms with van der Waals surface area (Å²) >= 11 is 0. The van der Waals surface area contributed by atoms with E-state index in [1.165, 1.54) is 4.90 Å². The first kappa shape index (κ1) is 35.1. The van der Waals surface area contributed by atoms with Gasteiger partial charge in [0.05, 0.1) is 37.7 Å². The average Bonchev–Trinajstić information content (AvgIpc) is 3.55. The van der Waals surface area contributed by atoms with Crippen molar-refractivity contribution in [1.29, 1.82) is 0 Å². The molecular formula is C36H48N4O8. The second kappa shape index (κ2) is 14.5. The molecule has 12 nitrogen and oxygen atoms in total. The molecule has 1 saturated heterocycles. The Balaban J connectivity index is 1.46. The lowest BCUT2D eigenvalue weighted by molar-refractivity contribution is -0.159.